The van der Waals surface area contributed by atoms with Crippen molar-refractivity contribution < 1.29 is 9.84 Å². The van der Waals surface area contributed by atoms with E-state index in [-0.39, 0.29) is 5.41 Å². The van der Waals surface area contributed by atoms with Crippen LogP contribution < -0.4 is 0 Å². The van der Waals surface area contributed by atoms with Crippen LogP contribution >= 0.6 is 0 Å². The minimum Gasteiger partial charge on any atom is -0.368 e. The number of aliphatic hydroxyl groups is 1. The Morgan fingerprint density at radius 2 is 2.06 bits per heavy atom. The van der Waals surface area contributed by atoms with Crippen LogP contribution in [0.4, 0.5) is 0 Å². The van der Waals surface area contributed by atoms with Gasteiger partial charge in [-0.2, -0.15) is 0 Å². The van der Waals surface area contributed by atoms with Gasteiger partial charge in [0.25, 0.3) is 0 Å². The average molecular weight is 236 g/mol. The molecule has 0 spiro atoms. The molecule has 4 atom stereocenters. The van der Waals surface area contributed by atoms with Crippen LogP contribution in [0, 0.1) is 22.7 Å². The van der Waals surface area contributed by atoms with E-state index in [4.69, 9.17) is 4.74 Å². The standard InChI is InChI=1S/C15H24O2/c1-14(2)7-4-8-15(3)11-9-17-13(16)10(11)5-6-12(14)15/h6,10-11,13,16H,4-5,7-9H2,1-3H3/t10-,11+,13+,15+/m0/s1. The van der Waals surface area contributed by atoms with E-state index < -0.39 is 6.29 Å². The molecule has 1 heterocycles. The van der Waals surface area contributed by atoms with Crippen molar-refractivity contribution in [2.45, 2.75) is 52.7 Å². The second-order valence-corrected chi connectivity index (χ2v) is 7.00. The largest absolute Gasteiger partial charge is 0.368 e. The Bertz CT molecular complexity index is 358. The van der Waals surface area contributed by atoms with Crippen molar-refractivity contribution in [2.24, 2.45) is 22.7 Å². The second-order valence-electron chi connectivity index (χ2n) is 7.00. The number of fused-ring (bicyclic) bond motifs is 3. The summed E-state index contributed by atoms with van der Waals surface area (Å²) >= 11 is 0. The Labute approximate surface area is 104 Å². The van der Waals surface area contributed by atoms with E-state index >= 15 is 0 Å². The molecule has 0 bridgehead atoms. The van der Waals surface area contributed by atoms with E-state index in [1.54, 1.807) is 5.57 Å². The molecule has 2 heteroatoms. The van der Waals surface area contributed by atoms with Gasteiger partial charge < -0.3 is 9.84 Å². The summed E-state index contributed by atoms with van der Waals surface area (Å²) in [5, 5.41) is 9.91. The van der Waals surface area contributed by atoms with Crippen LogP contribution in [0.1, 0.15) is 46.5 Å². The highest BCUT2D eigenvalue weighted by Gasteiger charge is 2.54. The Kier molecular flexibility index (Phi) is 2.47. The number of hydrogen-bond acceptors (Lipinski definition) is 2. The highest BCUT2D eigenvalue weighted by Crippen LogP contribution is 2.60. The zero-order valence-corrected chi connectivity index (χ0v) is 11.2. The van der Waals surface area contributed by atoms with Gasteiger partial charge in [-0.05, 0) is 36.0 Å². The van der Waals surface area contributed by atoms with Gasteiger partial charge in [-0.15, -0.1) is 0 Å². The predicted octanol–water partition coefficient (Wildman–Crippen LogP) is 3.11. The van der Waals surface area contributed by atoms with Crippen LogP contribution in [0.15, 0.2) is 11.6 Å². The number of allylic oxidation sites excluding steroid dienone is 2. The molecule has 1 aliphatic heterocycles. The summed E-state index contributed by atoms with van der Waals surface area (Å²) in [6, 6.07) is 0. The van der Waals surface area contributed by atoms with E-state index in [1.165, 1.54) is 19.3 Å². The molecule has 0 amide bonds. The normalized spacial score (nSPS) is 48.2. The first-order valence-electron chi connectivity index (χ1n) is 6.96. The quantitative estimate of drug-likeness (QED) is 0.655. The Morgan fingerprint density at radius 3 is 2.82 bits per heavy atom. The van der Waals surface area contributed by atoms with Crippen molar-refractivity contribution in [3.63, 3.8) is 0 Å². The molecule has 0 unspecified atom stereocenters. The Balaban J connectivity index is 2.02. The molecule has 2 nitrogen and oxygen atoms in total. The molecule has 0 aromatic carbocycles. The third kappa shape index (κ3) is 1.53. The molecule has 0 aromatic rings. The van der Waals surface area contributed by atoms with Gasteiger partial charge in [-0.1, -0.05) is 38.8 Å². The van der Waals surface area contributed by atoms with Gasteiger partial charge in [0.05, 0.1) is 6.61 Å². The van der Waals surface area contributed by atoms with Gasteiger partial charge in [-0.25, -0.2) is 0 Å². The third-order valence-corrected chi connectivity index (χ3v) is 5.58. The summed E-state index contributed by atoms with van der Waals surface area (Å²) in [6.07, 6.45) is 6.76. The second kappa shape index (κ2) is 3.58. The van der Waals surface area contributed by atoms with Crippen LogP contribution in [0.3, 0.4) is 0 Å². The molecular weight excluding hydrogens is 212 g/mol. The van der Waals surface area contributed by atoms with Crippen LogP contribution in [-0.4, -0.2) is 18.0 Å². The van der Waals surface area contributed by atoms with Crippen molar-refractivity contribution in [2.75, 3.05) is 6.61 Å². The first-order chi connectivity index (χ1) is 7.95. The fourth-order valence-electron chi connectivity index (χ4n) is 4.67. The van der Waals surface area contributed by atoms with Crippen LogP contribution in [-0.2, 0) is 4.74 Å². The smallest absolute Gasteiger partial charge is 0.158 e. The molecule has 0 aromatic heterocycles. The molecule has 2 fully saturated rings. The number of aliphatic hydroxyl groups excluding tert-OH is 1. The van der Waals surface area contributed by atoms with Gasteiger partial charge in [0.1, 0.15) is 0 Å². The van der Waals surface area contributed by atoms with E-state index in [1.807, 2.05) is 0 Å². The lowest BCUT2D eigenvalue weighted by Crippen LogP contribution is -2.45. The number of ether oxygens (including phenoxy) is 1. The predicted molar refractivity (Wildman–Crippen MR) is 67.4 cm³/mol. The van der Waals surface area contributed by atoms with Gasteiger partial charge in [0.2, 0.25) is 0 Å². The molecular formula is C15H24O2. The first-order valence-corrected chi connectivity index (χ1v) is 6.96. The van der Waals surface area contributed by atoms with E-state index in [0.29, 0.717) is 17.3 Å². The zero-order valence-electron chi connectivity index (χ0n) is 11.2. The molecule has 3 aliphatic rings. The van der Waals surface area contributed by atoms with Crippen LogP contribution in [0.25, 0.3) is 0 Å². The van der Waals surface area contributed by atoms with Crippen LogP contribution in [0.5, 0.6) is 0 Å². The third-order valence-electron chi connectivity index (χ3n) is 5.58. The van der Waals surface area contributed by atoms with E-state index in [0.717, 1.165) is 13.0 Å². The number of hydrogen-bond donors (Lipinski definition) is 1. The van der Waals surface area contributed by atoms with Crippen molar-refractivity contribution >= 4 is 0 Å². The van der Waals surface area contributed by atoms with Gasteiger partial charge in [0.15, 0.2) is 6.29 Å². The molecule has 17 heavy (non-hydrogen) atoms. The minimum absolute atomic E-state index is 0.266. The summed E-state index contributed by atoms with van der Waals surface area (Å²) < 4.78 is 5.50. The molecule has 2 aliphatic carbocycles. The van der Waals surface area contributed by atoms with E-state index in [9.17, 15) is 5.11 Å². The van der Waals surface area contributed by atoms with Crippen molar-refractivity contribution in [3.05, 3.63) is 11.6 Å². The molecule has 1 saturated carbocycles. The van der Waals surface area contributed by atoms with E-state index in [2.05, 4.69) is 26.8 Å². The van der Waals surface area contributed by atoms with Crippen LogP contribution in [0.2, 0.25) is 0 Å². The first kappa shape index (κ1) is 11.7. The SMILES string of the molecule is CC1(C)CCC[C@@]2(C)C1=CC[C@@H]1[C@H](O)OC[C@H]12. The average Bonchev–Trinajstić information content (AvgIpc) is 2.60. The number of rotatable bonds is 0. The highest BCUT2D eigenvalue weighted by atomic mass is 16.6. The maximum atomic E-state index is 9.91. The fraction of sp³-hybridized carbons (Fsp3) is 0.867. The van der Waals surface area contributed by atoms with Gasteiger partial charge >= 0.3 is 0 Å². The monoisotopic (exact) mass is 236 g/mol. The van der Waals surface area contributed by atoms with Crippen molar-refractivity contribution in [3.8, 4) is 0 Å². The van der Waals surface area contributed by atoms with Gasteiger partial charge in [-0.3, -0.25) is 0 Å². The van der Waals surface area contributed by atoms with Crippen molar-refractivity contribution in [1.82, 2.24) is 0 Å². The molecule has 1 saturated heterocycles. The highest BCUT2D eigenvalue weighted by molar-refractivity contribution is 5.28. The maximum Gasteiger partial charge on any atom is 0.158 e. The lowest BCUT2D eigenvalue weighted by atomic mass is 9.51. The molecule has 3 rings (SSSR count). The molecule has 96 valence electrons. The Hall–Kier alpha value is -0.340. The zero-order chi connectivity index (χ0) is 12.3. The Morgan fingerprint density at radius 1 is 1.29 bits per heavy atom. The topological polar surface area (TPSA) is 29.5 Å². The van der Waals surface area contributed by atoms with Crippen molar-refractivity contribution in [1.29, 1.82) is 0 Å². The lowest BCUT2D eigenvalue weighted by molar-refractivity contribution is -0.0824. The summed E-state index contributed by atoms with van der Waals surface area (Å²) in [5.41, 5.74) is 2.24. The van der Waals surface area contributed by atoms with Gasteiger partial charge in [0, 0.05) is 5.92 Å². The molecule has 0 radical (unpaired) electrons. The lowest BCUT2D eigenvalue weighted by Gasteiger charge is -2.52. The minimum atomic E-state index is -0.528. The maximum absolute atomic E-state index is 9.91. The molecule has 1 N–H and O–H groups in total. The summed E-state index contributed by atoms with van der Waals surface area (Å²) in [7, 11) is 0. The summed E-state index contributed by atoms with van der Waals surface area (Å²) in [6.45, 7) is 7.90. The summed E-state index contributed by atoms with van der Waals surface area (Å²) in [4.78, 5) is 0. The fourth-order valence-corrected chi connectivity index (χ4v) is 4.67. The summed E-state index contributed by atoms with van der Waals surface area (Å²) in [5.74, 6) is 0.856.